The minimum Gasteiger partial charge on any atom is -0.0893 e. The Morgan fingerprint density at radius 2 is 1.45 bits per heavy atom. The third-order valence-corrected chi connectivity index (χ3v) is 4.36. The molecule has 1 heterocycles. The van der Waals surface area contributed by atoms with E-state index in [4.69, 9.17) is 0 Å². The second-order valence-electron chi connectivity index (χ2n) is 2.71. The molecule has 54 valence electrons. The van der Waals surface area contributed by atoms with E-state index in [9.17, 15) is 0 Å². The average molecular weight is 158 g/mol. The highest BCUT2D eigenvalue weighted by atomic mass is 28.3. The molecule has 1 aromatic carbocycles. The maximum Gasteiger partial charge on any atom is 0.117 e. The first-order chi connectivity index (χ1) is 5.47. The van der Waals surface area contributed by atoms with Crippen LogP contribution in [0.25, 0.3) is 0 Å². The lowest BCUT2D eigenvalue weighted by atomic mass is 10.4. The molecular formula is C10H10Si. The highest BCUT2D eigenvalue weighted by molar-refractivity contribution is 6.82. The fourth-order valence-electron chi connectivity index (χ4n) is 1.33. The lowest BCUT2D eigenvalue weighted by Gasteiger charge is -2.01. The maximum absolute atomic E-state index is 2.34. The van der Waals surface area contributed by atoms with Crippen LogP contribution in [0.3, 0.4) is 0 Å². The Labute approximate surface area is 68.5 Å². The number of benzene rings is 1. The minimum absolute atomic E-state index is 0.800. The van der Waals surface area contributed by atoms with Gasteiger partial charge in [-0.05, 0) is 0 Å². The van der Waals surface area contributed by atoms with Gasteiger partial charge in [-0.1, -0.05) is 59.1 Å². The van der Waals surface area contributed by atoms with Gasteiger partial charge in [0.05, 0.1) is 0 Å². The normalized spacial score (nSPS) is 16.0. The lowest BCUT2D eigenvalue weighted by Crippen LogP contribution is -2.24. The number of hydrogen-bond acceptors (Lipinski definition) is 0. The van der Waals surface area contributed by atoms with Crippen LogP contribution in [0.2, 0.25) is 0 Å². The fourth-order valence-corrected chi connectivity index (χ4v) is 3.30. The van der Waals surface area contributed by atoms with Gasteiger partial charge in [-0.25, -0.2) is 0 Å². The van der Waals surface area contributed by atoms with Crippen LogP contribution in [0, 0.1) is 0 Å². The van der Waals surface area contributed by atoms with Crippen molar-refractivity contribution in [3.05, 3.63) is 53.9 Å². The summed E-state index contributed by atoms with van der Waals surface area (Å²) in [5.41, 5.74) is 4.69. The Hall–Kier alpha value is -1.08. The quantitative estimate of drug-likeness (QED) is 0.541. The number of allylic oxidation sites excluding steroid dienone is 2. The Balaban J connectivity index is 2.30. The van der Waals surface area contributed by atoms with Crippen LogP contribution >= 0.6 is 0 Å². The van der Waals surface area contributed by atoms with Crippen molar-refractivity contribution in [2.24, 2.45) is 0 Å². The largest absolute Gasteiger partial charge is 0.117 e. The van der Waals surface area contributed by atoms with Gasteiger partial charge in [-0.3, -0.25) is 0 Å². The van der Waals surface area contributed by atoms with E-state index in [1.54, 1.807) is 0 Å². The van der Waals surface area contributed by atoms with Crippen molar-refractivity contribution in [1.82, 2.24) is 0 Å². The van der Waals surface area contributed by atoms with Crippen LogP contribution in [0.15, 0.2) is 53.9 Å². The molecule has 0 aliphatic carbocycles. The fraction of sp³-hybridized carbons (Fsp3) is 0. The van der Waals surface area contributed by atoms with E-state index in [1.807, 2.05) is 0 Å². The van der Waals surface area contributed by atoms with Crippen molar-refractivity contribution in [2.45, 2.75) is 0 Å². The van der Waals surface area contributed by atoms with Crippen LogP contribution in [0.5, 0.6) is 0 Å². The van der Waals surface area contributed by atoms with E-state index in [0.29, 0.717) is 0 Å². The molecule has 2 rings (SSSR count). The Bertz CT molecular complexity index is 273. The van der Waals surface area contributed by atoms with Gasteiger partial charge in [0.1, 0.15) is 8.80 Å². The molecule has 0 spiro atoms. The molecule has 1 aliphatic heterocycles. The zero-order valence-corrected chi connectivity index (χ0v) is 7.43. The molecule has 0 nitrogen and oxygen atoms in total. The monoisotopic (exact) mass is 158 g/mol. The number of rotatable bonds is 1. The van der Waals surface area contributed by atoms with Gasteiger partial charge in [0, 0.05) is 0 Å². The third-order valence-electron chi connectivity index (χ3n) is 1.93. The molecule has 0 saturated carbocycles. The maximum atomic E-state index is 2.34. The van der Waals surface area contributed by atoms with E-state index in [2.05, 4.69) is 53.9 Å². The molecule has 1 aromatic rings. The minimum atomic E-state index is -0.800. The first-order valence-electron chi connectivity index (χ1n) is 3.87. The molecule has 0 bridgehead atoms. The Kier molecular flexibility index (Phi) is 1.74. The van der Waals surface area contributed by atoms with Gasteiger partial charge in [-0.15, -0.1) is 0 Å². The zero-order chi connectivity index (χ0) is 7.52. The molecule has 0 N–H and O–H groups in total. The molecule has 0 radical (unpaired) electrons. The molecular weight excluding hydrogens is 148 g/mol. The summed E-state index contributed by atoms with van der Waals surface area (Å²) < 4.78 is 0. The summed E-state index contributed by atoms with van der Waals surface area (Å²) in [6.07, 6.45) is 4.31. The van der Waals surface area contributed by atoms with E-state index in [-0.39, 0.29) is 0 Å². The molecule has 0 unspecified atom stereocenters. The van der Waals surface area contributed by atoms with Crippen molar-refractivity contribution in [2.75, 3.05) is 0 Å². The van der Waals surface area contributed by atoms with Gasteiger partial charge in [0.2, 0.25) is 0 Å². The topological polar surface area (TPSA) is 0 Å². The highest BCUT2D eigenvalue weighted by Gasteiger charge is 2.06. The van der Waals surface area contributed by atoms with Crippen LogP contribution < -0.4 is 5.19 Å². The summed E-state index contributed by atoms with van der Waals surface area (Å²) in [6.45, 7) is 0. The molecule has 0 atom stereocenters. The van der Waals surface area contributed by atoms with Gasteiger partial charge in [-0.2, -0.15) is 0 Å². The molecule has 1 heteroatoms. The van der Waals surface area contributed by atoms with Crippen molar-refractivity contribution in [3.63, 3.8) is 0 Å². The summed E-state index contributed by atoms with van der Waals surface area (Å²) in [5, 5.41) is 1.51. The summed E-state index contributed by atoms with van der Waals surface area (Å²) >= 11 is 0. The Morgan fingerprint density at radius 1 is 0.818 bits per heavy atom. The predicted molar refractivity (Wildman–Crippen MR) is 51.5 cm³/mol. The van der Waals surface area contributed by atoms with Crippen LogP contribution in [0.1, 0.15) is 0 Å². The van der Waals surface area contributed by atoms with Crippen molar-refractivity contribution in [1.29, 1.82) is 0 Å². The average Bonchev–Trinajstić information content (AvgIpc) is 2.58. The summed E-state index contributed by atoms with van der Waals surface area (Å²) in [6, 6.07) is 10.7. The van der Waals surface area contributed by atoms with Gasteiger partial charge in [0.25, 0.3) is 0 Å². The van der Waals surface area contributed by atoms with Crippen LogP contribution in [-0.2, 0) is 0 Å². The molecule has 11 heavy (non-hydrogen) atoms. The smallest absolute Gasteiger partial charge is 0.0893 e. The molecule has 0 fully saturated rings. The summed E-state index contributed by atoms with van der Waals surface area (Å²) in [5.74, 6) is 0. The molecule has 1 aliphatic rings. The SMILES string of the molecule is C1=C[SiH](c2ccccc2)C=C1. The van der Waals surface area contributed by atoms with Crippen LogP contribution in [-0.4, -0.2) is 8.80 Å². The second kappa shape index (κ2) is 2.89. The first-order valence-corrected chi connectivity index (χ1v) is 5.78. The van der Waals surface area contributed by atoms with E-state index in [0.717, 1.165) is 0 Å². The van der Waals surface area contributed by atoms with Gasteiger partial charge in [0.15, 0.2) is 0 Å². The van der Waals surface area contributed by atoms with Crippen molar-refractivity contribution < 1.29 is 0 Å². The van der Waals surface area contributed by atoms with E-state index in [1.165, 1.54) is 5.19 Å². The number of hydrogen-bond donors (Lipinski definition) is 0. The van der Waals surface area contributed by atoms with E-state index >= 15 is 0 Å². The van der Waals surface area contributed by atoms with Gasteiger partial charge < -0.3 is 0 Å². The standard InChI is InChI=1S/C10H10Si/c1-2-6-10(7-3-1)11-8-4-5-9-11/h1-9,11H. The third kappa shape index (κ3) is 1.33. The highest BCUT2D eigenvalue weighted by Crippen LogP contribution is 1.98. The summed E-state index contributed by atoms with van der Waals surface area (Å²) in [7, 11) is -0.800. The van der Waals surface area contributed by atoms with Crippen molar-refractivity contribution in [3.8, 4) is 0 Å². The summed E-state index contributed by atoms with van der Waals surface area (Å²) in [4.78, 5) is 0. The van der Waals surface area contributed by atoms with Gasteiger partial charge >= 0.3 is 0 Å². The molecule has 0 aromatic heterocycles. The zero-order valence-electron chi connectivity index (χ0n) is 6.27. The molecule has 0 amide bonds. The Morgan fingerprint density at radius 3 is 2.09 bits per heavy atom. The lowest BCUT2D eigenvalue weighted by molar-refractivity contribution is 1.76. The van der Waals surface area contributed by atoms with E-state index < -0.39 is 8.80 Å². The molecule has 0 saturated heterocycles. The van der Waals surface area contributed by atoms with Crippen LogP contribution in [0.4, 0.5) is 0 Å². The first kappa shape index (κ1) is 6.62. The van der Waals surface area contributed by atoms with Crippen molar-refractivity contribution >= 4 is 14.0 Å². The second-order valence-corrected chi connectivity index (χ2v) is 5.19. The predicted octanol–water partition coefficient (Wildman–Crippen LogP) is 1.33.